The van der Waals surface area contributed by atoms with Gasteiger partial charge >= 0.3 is 0 Å². The second-order valence-corrected chi connectivity index (χ2v) is 3.46. The van der Waals surface area contributed by atoms with Crippen LogP contribution in [-0.4, -0.2) is 17.3 Å². The molecule has 0 aromatic heterocycles. The first kappa shape index (κ1) is 4.86. The third kappa shape index (κ3) is 0.772. The number of thioether (sulfide) groups is 1. The highest BCUT2D eigenvalue weighted by Gasteiger charge is 2.28. The Morgan fingerprint density at radius 1 is 1.50 bits per heavy atom. The van der Waals surface area contributed by atoms with Gasteiger partial charge in [0.2, 0.25) is 0 Å². The van der Waals surface area contributed by atoms with Crippen LogP contribution in [0.2, 0.25) is 0 Å². The van der Waals surface area contributed by atoms with Gasteiger partial charge in [-0.1, -0.05) is 0 Å². The summed E-state index contributed by atoms with van der Waals surface area (Å²) in [6.07, 6.45) is 2.82. The van der Waals surface area contributed by atoms with Crippen molar-refractivity contribution in [2.45, 2.75) is 12.8 Å². The van der Waals surface area contributed by atoms with Crippen LogP contribution in [-0.2, 0) is 0 Å². The molecular weight excluding hydrogens is 118 g/mol. The first-order valence-corrected chi connectivity index (χ1v) is 4.12. The summed E-state index contributed by atoms with van der Waals surface area (Å²) in [5, 5.41) is 1.45. The van der Waals surface area contributed by atoms with Gasteiger partial charge in [-0.25, -0.2) is 0 Å². The van der Waals surface area contributed by atoms with Crippen molar-refractivity contribution in [1.82, 2.24) is 0 Å². The molecule has 1 nitrogen and oxygen atoms in total. The largest absolute Gasteiger partial charge is 0.282 e. The highest BCUT2D eigenvalue weighted by molar-refractivity contribution is 8.14. The van der Waals surface area contributed by atoms with E-state index in [0.717, 1.165) is 12.5 Å². The van der Waals surface area contributed by atoms with Crippen molar-refractivity contribution in [3.05, 3.63) is 0 Å². The first-order chi connectivity index (χ1) is 3.97. The summed E-state index contributed by atoms with van der Waals surface area (Å²) in [5.74, 6) is 2.15. The Morgan fingerprint density at radius 3 is 2.88 bits per heavy atom. The Kier molecular flexibility index (Phi) is 1.07. The summed E-state index contributed by atoms with van der Waals surface area (Å²) >= 11 is 1.96. The minimum atomic E-state index is 0.905. The van der Waals surface area contributed by atoms with Crippen LogP contribution in [0.25, 0.3) is 0 Å². The van der Waals surface area contributed by atoms with E-state index in [-0.39, 0.29) is 0 Å². The lowest BCUT2D eigenvalue weighted by Gasteiger charge is -1.88. The van der Waals surface area contributed by atoms with Crippen LogP contribution in [0.15, 0.2) is 4.99 Å². The minimum absolute atomic E-state index is 0.905. The number of nitrogens with zero attached hydrogens (tertiary/aromatic N) is 1. The molecule has 2 rings (SSSR count). The van der Waals surface area contributed by atoms with Crippen molar-refractivity contribution in [3.8, 4) is 0 Å². The average Bonchev–Trinajstić information content (AvgIpc) is 2.49. The van der Waals surface area contributed by atoms with Crippen LogP contribution in [0.3, 0.4) is 0 Å². The van der Waals surface area contributed by atoms with Gasteiger partial charge in [0, 0.05) is 18.2 Å². The molecule has 0 atom stereocenters. The number of hydrogen-bond donors (Lipinski definition) is 0. The molecule has 0 N–H and O–H groups in total. The zero-order chi connectivity index (χ0) is 5.40. The molecule has 8 heavy (non-hydrogen) atoms. The summed E-state index contributed by atoms with van der Waals surface area (Å²) in [5.41, 5.74) is 0. The summed E-state index contributed by atoms with van der Waals surface area (Å²) in [7, 11) is 0. The fraction of sp³-hybridized carbons (Fsp3) is 0.833. The second kappa shape index (κ2) is 1.76. The molecule has 1 aliphatic heterocycles. The van der Waals surface area contributed by atoms with Gasteiger partial charge in [0.25, 0.3) is 0 Å². The number of rotatable bonds is 1. The smallest absolute Gasteiger partial charge is 0.0707 e. The quantitative estimate of drug-likeness (QED) is 0.520. The van der Waals surface area contributed by atoms with Crippen LogP contribution in [0.4, 0.5) is 0 Å². The van der Waals surface area contributed by atoms with Crippen LogP contribution < -0.4 is 0 Å². The molecule has 2 heteroatoms. The zero-order valence-electron chi connectivity index (χ0n) is 4.76. The lowest BCUT2D eigenvalue weighted by atomic mass is 10.5. The summed E-state index contributed by atoms with van der Waals surface area (Å²) in [6.45, 7) is 1.08. The SMILES string of the molecule is C1CSC(C2CC2)=N1. The monoisotopic (exact) mass is 127 g/mol. The Hall–Kier alpha value is 0.0200. The van der Waals surface area contributed by atoms with Crippen molar-refractivity contribution in [2.24, 2.45) is 10.9 Å². The van der Waals surface area contributed by atoms with Crippen LogP contribution in [0.1, 0.15) is 12.8 Å². The van der Waals surface area contributed by atoms with E-state index in [1.54, 1.807) is 0 Å². The molecule has 44 valence electrons. The van der Waals surface area contributed by atoms with E-state index in [1.165, 1.54) is 23.6 Å². The van der Waals surface area contributed by atoms with Crippen LogP contribution in [0, 0.1) is 5.92 Å². The van der Waals surface area contributed by atoms with E-state index in [2.05, 4.69) is 4.99 Å². The summed E-state index contributed by atoms with van der Waals surface area (Å²) < 4.78 is 0. The van der Waals surface area contributed by atoms with E-state index in [4.69, 9.17) is 0 Å². The number of aliphatic imine (C=N–C) groups is 1. The summed E-state index contributed by atoms with van der Waals surface area (Å²) in [6, 6.07) is 0. The van der Waals surface area contributed by atoms with Gasteiger partial charge in [-0.3, -0.25) is 4.99 Å². The summed E-state index contributed by atoms with van der Waals surface area (Å²) in [4.78, 5) is 4.38. The Morgan fingerprint density at radius 2 is 2.38 bits per heavy atom. The van der Waals surface area contributed by atoms with Gasteiger partial charge in [-0.05, 0) is 12.8 Å². The highest BCUT2D eigenvalue weighted by Crippen LogP contribution is 2.36. The van der Waals surface area contributed by atoms with Crippen molar-refractivity contribution >= 4 is 16.8 Å². The molecule has 0 aromatic rings. The van der Waals surface area contributed by atoms with Crippen LogP contribution in [0.5, 0.6) is 0 Å². The normalized spacial score (nSPS) is 28.2. The van der Waals surface area contributed by atoms with Crippen molar-refractivity contribution in [1.29, 1.82) is 0 Å². The Bertz CT molecular complexity index is 126. The molecule has 1 aliphatic carbocycles. The standard InChI is InChI=1S/C6H9NS/c1-2-5(1)6-7-3-4-8-6/h5H,1-4H2. The molecule has 0 unspecified atom stereocenters. The van der Waals surface area contributed by atoms with Gasteiger partial charge in [0.05, 0.1) is 5.04 Å². The van der Waals surface area contributed by atoms with E-state index < -0.39 is 0 Å². The predicted octanol–water partition coefficient (Wildman–Crippen LogP) is 1.54. The van der Waals surface area contributed by atoms with Gasteiger partial charge in [0.15, 0.2) is 0 Å². The zero-order valence-corrected chi connectivity index (χ0v) is 5.58. The van der Waals surface area contributed by atoms with Crippen molar-refractivity contribution in [2.75, 3.05) is 12.3 Å². The maximum absolute atomic E-state index is 4.38. The lowest BCUT2D eigenvalue weighted by Crippen LogP contribution is -1.87. The molecule has 1 heterocycles. The van der Waals surface area contributed by atoms with Gasteiger partial charge in [0.1, 0.15) is 0 Å². The fourth-order valence-electron chi connectivity index (χ4n) is 0.929. The molecule has 2 aliphatic rings. The number of hydrogen-bond acceptors (Lipinski definition) is 2. The molecule has 0 amide bonds. The van der Waals surface area contributed by atoms with Crippen LogP contribution >= 0.6 is 11.8 Å². The Balaban J connectivity index is 2.02. The Labute approximate surface area is 53.6 Å². The van der Waals surface area contributed by atoms with Gasteiger partial charge in [-0.15, -0.1) is 11.8 Å². The van der Waals surface area contributed by atoms with Crippen molar-refractivity contribution < 1.29 is 0 Å². The van der Waals surface area contributed by atoms with Gasteiger partial charge in [-0.2, -0.15) is 0 Å². The third-order valence-electron chi connectivity index (χ3n) is 1.54. The van der Waals surface area contributed by atoms with E-state index >= 15 is 0 Å². The average molecular weight is 127 g/mol. The van der Waals surface area contributed by atoms with E-state index in [1.807, 2.05) is 11.8 Å². The molecule has 1 fully saturated rings. The van der Waals surface area contributed by atoms with Gasteiger partial charge < -0.3 is 0 Å². The molecule has 0 aromatic carbocycles. The predicted molar refractivity (Wildman–Crippen MR) is 37.5 cm³/mol. The molecule has 0 radical (unpaired) electrons. The first-order valence-electron chi connectivity index (χ1n) is 3.14. The third-order valence-corrected chi connectivity index (χ3v) is 2.68. The van der Waals surface area contributed by atoms with E-state index in [9.17, 15) is 0 Å². The molecule has 1 saturated carbocycles. The lowest BCUT2D eigenvalue weighted by molar-refractivity contribution is 1.13. The fourth-order valence-corrected chi connectivity index (χ4v) is 1.97. The molecular formula is C6H9NS. The maximum atomic E-state index is 4.38. The minimum Gasteiger partial charge on any atom is -0.282 e. The highest BCUT2D eigenvalue weighted by atomic mass is 32.2. The molecule has 0 spiro atoms. The van der Waals surface area contributed by atoms with E-state index in [0.29, 0.717) is 0 Å². The topological polar surface area (TPSA) is 12.4 Å². The molecule has 0 saturated heterocycles. The maximum Gasteiger partial charge on any atom is 0.0707 e. The van der Waals surface area contributed by atoms with Crippen molar-refractivity contribution in [3.63, 3.8) is 0 Å². The molecule has 0 bridgehead atoms. The second-order valence-electron chi connectivity index (χ2n) is 2.34.